The highest BCUT2D eigenvalue weighted by molar-refractivity contribution is 5.77. The molecule has 0 saturated carbocycles. The van der Waals surface area contributed by atoms with Gasteiger partial charge in [0, 0.05) is 0 Å². The summed E-state index contributed by atoms with van der Waals surface area (Å²) in [7, 11) is 0. The van der Waals surface area contributed by atoms with E-state index in [2.05, 4.69) is 68.4 Å². The van der Waals surface area contributed by atoms with Crippen LogP contribution in [0.15, 0.2) is 72.8 Å². The average molecular weight is 453 g/mol. The molecule has 33 heavy (non-hydrogen) atoms. The molecule has 0 fully saturated rings. The molecule has 0 N–H and O–H groups in total. The van der Waals surface area contributed by atoms with E-state index < -0.39 is 0 Å². The second-order valence-electron chi connectivity index (χ2n) is 5.65. The van der Waals surface area contributed by atoms with E-state index in [1.54, 1.807) is 0 Å². The van der Waals surface area contributed by atoms with Crippen molar-refractivity contribution in [2.75, 3.05) is 0 Å². The zero-order valence-corrected chi connectivity index (χ0v) is 24.6. The van der Waals surface area contributed by atoms with Crippen molar-refractivity contribution in [3.8, 4) is 11.1 Å². The largest absolute Gasteiger partial charge is 0.0683 e. The van der Waals surface area contributed by atoms with Gasteiger partial charge in [0.2, 0.25) is 0 Å². The molecule has 0 radical (unpaired) electrons. The van der Waals surface area contributed by atoms with Crippen molar-refractivity contribution >= 4 is 0 Å². The molecular formula is C33H56. The van der Waals surface area contributed by atoms with Crippen molar-refractivity contribution in [1.82, 2.24) is 0 Å². The third kappa shape index (κ3) is 16.0. The van der Waals surface area contributed by atoms with Gasteiger partial charge in [0.25, 0.3) is 0 Å². The second kappa shape index (κ2) is 29.7. The van der Waals surface area contributed by atoms with Gasteiger partial charge in [-0.1, -0.05) is 167 Å². The molecule has 0 aromatic heterocycles. The van der Waals surface area contributed by atoms with Crippen molar-refractivity contribution in [1.29, 1.82) is 0 Å². The van der Waals surface area contributed by atoms with Crippen molar-refractivity contribution in [3.63, 3.8) is 0 Å². The number of aryl methyl sites for hydroxylation is 2. The van der Waals surface area contributed by atoms with E-state index in [0.29, 0.717) is 0 Å². The fourth-order valence-corrected chi connectivity index (χ4v) is 2.77. The molecule has 0 heteroatoms. The Kier molecular flexibility index (Phi) is 34.1. The Balaban J connectivity index is -0.000000189. The first-order valence-electron chi connectivity index (χ1n) is 13.4. The van der Waals surface area contributed by atoms with Crippen LogP contribution in [0.3, 0.4) is 0 Å². The van der Waals surface area contributed by atoms with Gasteiger partial charge in [-0.25, -0.2) is 0 Å². The lowest BCUT2D eigenvalue weighted by Gasteiger charge is -2.01. The van der Waals surface area contributed by atoms with Gasteiger partial charge in [0.1, 0.15) is 0 Å². The van der Waals surface area contributed by atoms with Gasteiger partial charge >= 0.3 is 0 Å². The van der Waals surface area contributed by atoms with Crippen LogP contribution < -0.4 is 0 Å². The quantitative estimate of drug-likeness (QED) is 0.249. The zero-order valence-electron chi connectivity index (χ0n) is 24.6. The van der Waals surface area contributed by atoms with Gasteiger partial charge < -0.3 is 0 Å². The van der Waals surface area contributed by atoms with Crippen LogP contribution in [0.1, 0.15) is 105 Å². The molecule has 4 rings (SSSR count). The Hall–Kier alpha value is -2.34. The highest BCUT2D eigenvalue weighted by atomic mass is 14.2. The van der Waals surface area contributed by atoms with Gasteiger partial charge in [0.15, 0.2) is 0 Å². The molecule has 0 amide bonds. The number of fused-ring (bicyclic) bond motifs is 3. The number of rotatable bonds is 0. The molecule has 188 valence electrons. The standard InChI is InChI=1S/C14H12.C7H8.6C2H6/c1-10-6-7-12-9-11-4-2-3-5-13(11)14(12)8-10;1-7-5-3-2-4-6-7;6*1-2/h2-8H,9H2,1H3;2-6H,1H3;6*1-2H3. The van der Waals surface area contributed by atoms with Crippen LogP contribution in [0, 0.1) is 13.8 Å². The molecule has 0 saturated heterocycles. The Morgan fingerprint density at radius 3 is 1.27 bits per heavy atom. The molecule has 0 unspecified atom stereocenters. The predicted octanol–water partition coefficient (Wildman–Crippen LogP) is 11.7. The molecule has 3 aromatic carbocycles. The monoisotopic (exact) mass is 452 g/mol. The maximum absolute atomic E-state index is 2.29. The lowest BCUT2D eigenvalue weighted by Crippen LogP contribution is -1.80. The van der Waals surface area contributed by atoms with Gasteiger partial charge in [0.05, 0.1) is 0 Å². The summed E-state index contributed by atoms with van der Waals surface area (Å²) in [6.45, 7) is 28.2. The van der Waals surface area contributed by atoms with E-state index in [4.69, 9.17) is 0 Å². The number of hydrogen-bond acceptors (Lipinski definition) is 0. The normalized spacial score (nSPS) is 8.18. The van der Waals surface area contributed by atoms with Gasteiger partial charge in [-0.15, -0.1) is 0 Å². The Labute approximate surface area is 209 Å². The van der Waals surface area contributed by atoms with E-state index in [1.165, 1.54) is 33.4 Å². The minimum absolute atomic E-state index is 1.10. The third-order valence-electron chi connectivity index (χ3n) is 3.89. The minimum Gasteiger partial charge on any atom is -0.0683 e. The second-order valence-corrected chi connectivity index (χ2v) is 5.65. The first-order valence-corrected chi connectivity index (χ1v) is 13.4. The van der Waals surface area contributed by atoms with Crippen LogP contribution in [0.5, 0.6) is 0 Å². The molecule has 0 bridgehead atoms. The summed E-state index contributed by atoms with van der Waals surface area (Å²) in [6, 6.07) is 25.7. The number of hydrogen-bond donors (Lipinski definition) is 0. The third-order valence-corrected chi connectivity index (χ3v) is 3.89. The van der Waals surface area contributed by atoms with Gasteiger partial charge in [-0.2, -0.15) is 0 Å². The fourth-order valence-electron chi connectivity index (χ4n) is 2.77. The van der Waals surface area contributed by atoms with Crippen LogP contribution in [0.4, 0.5) is 0 Å². The lowest BCUT2D eigenvalue weighted by molar-refractivity contribution is 1.26. The maximum Gasteiger partial charge on any atom is -0.00135 e. The van der Waals surface area contributed by atoms with Crippen molar-refractivity contribution < 1.29 is 0 Å². The fraction of sp³-hybridized carbons (Fsp3) is 0.455. The first kappa shape index (κ1) is 37.9. The molecular weight excluding hydrogens is 396 g/mol. The van der Waals surface area contributed by atoms with E-state index in [9.17, 15) is 0 Å². The van der Waals surface area contributed by atoms with E-state index in [1.807, 2.05) is 101 Å². The molecule has 1 aliphatic rings. The zero-order chi connectivity index (χ0) is 26.7. The lowest BCUT2D eigenvalue weighted by atomic mass is 10.0. The maximum atomic E-state index is 2.29. The SMILES string of the molecule is CC.CC.CC.CC.CC.CC.Cc1ccc2c(c1)-c1ccccc1C2.Cc1ccccc1. The minimum atomic E-state index is 1.10. The van der Waals surface area contributed by atoms with Crippen LogP contribution >= 0.6 is 0 Å². The molecule has 0 spiro atoms. The van der Waals surface area contributed by atoms with Crippen LogP contribution in [0.25, 0.3) is 11.1 Å². The van der Waals surface area contributed by atoms with E-state index in [-0.39, 0.29) is 0 Å². The Morgan fingerprint density at radius 1 is 0.394 bits per heavy atom. The summed E-state index contributed by atoms with van der Waals surface area (Å²) in [4.78, 5) is 0. The summed E-state index contributed by atoms with van der Waals surface area (Å²) in [5.41, 5.74) is 8.46. The van der Waals surface area contributed by atoms with E-state index in [0.717, 1.165) is 6.42 Å². The first-order chi connectivity index (χ1) is 16.2. The predicted molar refractivity (Wildman–Crippen MR) is 159 cm³/mol. The van der Waals surface area contributed by atoms with Crippen molar-refractivity contribution in [2.24, 2.45) is 0 Å². The summed E-state index contributed by atoms with van der Waals surface area (Å²) >= 11 is 0. The van der Waals surface area contributed by atoms with Gasteiger partial charge in [-0.3, -0.25) is 0 Å². The summed E-state index contributed by atoms with van der Waals surface area (Å²) in [6.07, 6.45) is 1.10. The summed E-state index contributed by atoms with van der Waals surface area (Å²) in [5, 5.41) is 0. The smallest absolute Gasteiger partial charge is 0.00135 e. The molecule has 0 nitrogen and oxygen atoms in total. The molecule has 1 aliphatic carbocycles. The van der Waals surface area contributed by atoms with Crippen LogP contribution in [0.2, 0.25) is 0 Å². The van der Waals surface area contributed by atoms with Crippen LogP contribution in [-0.4, -0.2) is 0 Å². The van der Waals surface area contributed by atoms with Gasteiger partial charge in [-0.05, 0) is 42.5 Å². The highest BCUT2D eigenvalue weighted by Crippen LogP contribution is 2.36. The summed E-state index contributed by atoms with van der Waals surface area (Å²) in [5.74, 6) is 0. The average Bonchev–Trinajstić information content (AvgIpc) is 3.30. The molecule has 0 heterocycles. The van der Waals surface area contributed by atoms with E-state index >= 15 is 0 Å². The number of benzene rings is 3. The van der Waals surface area contributed by atoms with Crippen molar-refractivity contribution in [3.05, 3.63) is 95.1 Å². The Bertz CT molecular complexity index is 739. The van der Waals surface area contributed by atoms with Crippen molar-refractivity contribution in [2.45, 2.75) is 103 Å². The molecule has 0 atom stereocenters. The highest BCUT2D eigenvalue weighted by Gasteiger charge is 2.16. The topological polar surface area (TPSA) is 0 Å². The summed E-state index contributed by atoms with van der Waals surface area (Å²) < 4.78 is 0. The molecule has 3 aromatic rings. The van der Waals surface area contributed by atoms with Crippen LogP contribution in [-0.2, 0) is 6.42 Å². The Morgan fingerprint density at radius 2 is 0.818 bits per heavy atom. The molecule has 0 aliphatic heterocycles.